The zero-order valence-electron chi connectivity index (χ0n) is 8.97. The van der Waals surface area contributed by atoms with Gasteiger partial charge in [-0.25, -0.2) is 0 Å². The van der Waals surface area contributed by atoms with E-state index in [0.29, 0.717) is 13.2 Å². The largest absolute Gasteiger partial charge is 0.508 e. The molecule has 0 saturated heterocycles. The maximum absolute atomic E-state index is 9.12. The van der Waals surface area contributed by atoms with Crippen LogP contribution in [0.2, 0.25) is 0 Å². The molecule has 0 saturated carbocycles. The van der Waals surface area contributed by atoms with E-state index in [0.717, 1.165) is 5.56 Å². The lowest BCUT2D eigenvalue weighted by Gasteiger charge is -2.04. The molecule has 2 aromatic carbocycles. The van der Waals surface area contributed by atoms with Crippen molar-refractivity contribution in [3.63, 3.8) is 0 Å². The van der Waals surface area contributed by atoms with Crippen LogP contribution < -0.4 is 0 Å². The Labute approximate surface area is 95.1 Å². The average molecular weight is 214 g/mol. The molecule has 0 aliphatic carbocycles. The summed E-state index contributed by atoms with van der Waals surface area (Å²) in [6, 6.07) is 17.1. The number of benzene rings is 2. The van der Waals surface area contributed by atoms with Crippen LogP contribution in [0.5, 0.6) is 5.75 Å². The van der Waals surface area contributed by atoms with Crippen LogP contribution in [0.3, 0.4) is 0 Å². The molecule has 2 heteroatoms. The molecule has 0 bridgehead atoms. The third-order valence-corrected chi connectivity index (χ3v) is 2.32. The summed E-state index contributed by atoms with van der Waals surface area (Å²) in [7, 11) is 0. The lowest BCUT2D eigenvalue weighted by molar-refractivity contribution is 0.107. The molecular formula is C14H14O2. The minimum Gasteiger partial charge on any atom is -0.508 e. The minimum absolute atomic E-state index is 0.284. The van der Waals surface area contributed by atoms with Gasteiger partial charge in [-0.3, -0.25) is 0 Å². The molecule has 0 fully saturated rings. The van der Waals surface area contributed by atoms with E-state index in [4.69, 9.17) is 9.84 Å². The molecule has 0 amide bonds. The summed E-state index contributed by atoms with van der Waals surface area (Å²) >= 11 is 0. The van der Waals surface area contributed by atoms with Gasteiger partial charge in [0, 0.05) is 0 Å². The minimum atomic E-state index is 0.284. The van der Waals surface area contributed by atoms with Crippen LogP contribution in [-0.2, 0) is 18.0 Å². The predicted octanol–water partition coefficient (Wildman–Crippen LogP) is 3.11. The van der Waals surface area contributed by atoms with E-state index in [1.54, 1.807) is 12.1 Å². The lowest BCUT2D eigenvalue weighted by Crippen LogP contribution is -1.93. The van der Waals surface area contributed by atoms with Crippen LogP contribution in [0.25, 0.3) is 0 Å². The van der Waals surface area contributed by atoms with Crippen molar-refractivity contribution in [2.75, 3.05) is 0 Å². The number of hydrogen-bond acceptors (Lipinski definition) is 2. The molecule has 0 aliphatic rings. The molecule has 82 valence electrons. The van der Waals surface area contributed by atoms with Gasteiger partial charge in [0.15, 0.2) is 0 Å². The summed E-state index contributed by atoms with van der Waals surface area (Å²) in [5, 5.41) is 9.12. The van der Waals surface area contributed by atoms with Gasteiger partial charge < -0.3 is 9.84 Å². The Morgan fingerprint density at radius 2 is 1.31 bits per heavy atom. The number of phenolic OH excluding ortho intramolecular Hbond substituents is 1. The summed E-state index contributed by atoms with van der Waals surface area (Å²) in [5.74, 6) is 0.284. The number of hydrogen-bond donors (Lipinski definition) is 1. The first-order valence-corrected chi connectivity index (χ1v) is 5.24. The summed E-state index contributed by atoms with van der Waals surface area (Å²) in [5.41, 5.74) is 2.23. The number of rotatable bonds is 4. The van der Waals surface area contributed by atoms with Crippen LogP contribution in [0.1, 0.15) is 11.1 Å². The van der Waals surface area contributed by atoms with Crippen molar-refractivity contribution in [3.8, 4) is 5.75 Å². The first kappa shape index (κ1) is 10.7. The van der Waals surface area contributed by atoms with Gasteiger partial charge in [-0.15, -0.1) is 0 Å². The highest BCUT2D eigenvalue weighted by atomic mass is 16.5. The highest BCUT2D eigenvalue weighted by Gasteiger charge is 1.95. The summed E-state index contributed by atoms with van der Waals surface area (Å²) in [6.07, 6.45) is 0. The number of ether oxygens (including phenoxy) is 1. The Balaban J connectivity index is 1.82. The number of phenols is 1. The first-order chi connectivity index (χ1) is 7.84. The summed E-state index contributed by atoms with van der Waals surface area (Å²) < 4.78 is 5.56. The average Bonchev–Trinajstić information content (AvgIpc) is 2.33. The highest BCUT2D eigenvalue weighted by molar-refractivity contribution is 5.25. The van der Waals surface area contributed by atoms with Gasteiger partial charge >= 0.3 is 0 Å². The van der Waals surface area contributed by atoms with Gasteiger partial charge in [-0.1, -0.05) is 42.5 Å². The fourth-order valence-electron chi connectivity index (χ4n) is 1.45. The van der Waals surface area contributed by atoms with Crippen LogP contribution >= 0.6 is 0 Å². The Morgan fingerprint density at radius 1 is 0.750 bits per heavy atom. The van der Waals surface area contributed by atoms with Crippen molar-refractivity contribution >= 4 is 0 Å². The van der Waals surface area contributed by atoms with Crippen molar-refractivity contribution in [1.82, 2.24) is 0 Å². The fraction of sp³-hybridized carbons (Fsp3) is 0.143. The molecule has 0 heterocycles. The Morgan fingerprint density at radius 3 is 1.94 bits per heavy atom. The van der Waals surface area contributed by atoms with Gasteiger partial charge in [0.2, 0.25) is 0 Å². The first-order valence-electron chi connectivity index (χ1n) is 5.24. The highest BCUT2D eigenvalue weighted by Crippen LogP contribution is 2.11. The second-order valence-electron chi connectivity index (χ2n) is 3.64. The van der Waals surface area contributed by atoms with E-state index >= 15 is 0 Å². The van der Waals surface area contributed by atoms with Crippen LogP contribution in [-0.4, -0.2) is 5.11 Å². The van der Waals surface area contributed by atoms with Gasteiger partial charge in [0.05, 0.1) is 13.2 Å². The molecule has 0 radical (unpaired) electrons. The lowest BCUT2D eigenvalue weighted by atomic mass is 10.2. The molecule has 0 unspecified atom stereocenters. The summed E-state index contributed by atoms with van der Waals surface area (Å²) in [6.45, 7) is 1.18. The molecular weight excluding hydrogens is 200 g/mol. The molecule has 1 N–H and O–H groups in total. The predicted molar refractivity (Wildman–Crippen MR) is 63.0 cm³/mol. The Kier molecular flexibility index (Phi) is 3.57. The van der Waals surface area contributed by atoms with Gasteiger partial charge in [-0.2, -0.15) is 0 Å². The fourth-order valence-corrected chi connectivity index (χ4v) is 1.45. The van der Waals surface area contributed by atoms with Crippen molar-refractivity contribution in [2.45, 2.75) is 13.2 Å². The van der Waals surface area contributed by atoms with Gasteiger partial charge in [-0.05, 0) is 23.3 Å². The van der Waals surface area contributed by atoms with E-state index < -0.39 is 0 Å². The number of aromatic hydroxyl groups is 1. The molecule has 16 heavy (non-hydrogen) atoms. The smallest absolute Gasteiger partial charge is 0.115 e. The molecule has 0 atom stereocenters. The standard InChI is InChI=1S/C14H14O2/c15-14-8-6-13(7-9-14)11-16-10-12-4-2-1-3-5-12/h1-9,15H,10-11H2. The Hall–Kier alpha value is -1.80. The van der Waals surface area contributed by atoms with Crippen molar-refractivity contribution in [1.29, 1.82) is 0 Å². The second-order valence-corrected chi connectivity index (χ2v) is 3.64. The van der Waals surface area contributed by atoms with E-state index in [2.05, 4.69) is 0 Å². The quantitative estimate of drug-likeness (QED) is 0.847. The van der Waals surface area contributed by atoms with E-state index in [1.807, 2.05) is 42.5 Å². The zero-order chi connectivity index (χ0) is 11.2. The normalized spacial score (nSPS) is 10.2. The topological polar surface area (TPSA) is 29.5 Å². The SMILES string of the molecule is Oc1ccc(COCc2ccccc2)cc1. The van der Waals surface area contributed by atoms with E-state index in [-0.39, 0.29) is 5.75 Å². The van der Waals surface area contributed by atoms with E-state index in [1.165, 1.54) is 5.56 Å². The van der Waals surface area contributed by atoms with E-state index in [9.17, 15) is 0 Å². The second kappa shape index (κ2) is 5.33. The molecule has 2 nitrogen and oxygen atoms in total. The molecule has 0 aliphatic heterocycles. The Bertz CT molecular complexity index is 420. The van der Waals surface area contributed by atoms with Crippen molar-refractivity contribution in [2.24, 2.45) is 0 Å². The molecule has 0 aromatic heterocycles. The van der Waals surface area contributed by atoms with Gasteiger partial charge in [0.1, 0.15) is 5.75 Å². The third kappa shape index (κ3) is 3.11. The third-order valence-electron chi connectivity index (χ3n) is 2.32. The van der Waals surface area contributed by atoms with Gasteiger partial charge in [0.25, 0.3) is 0 Å². The zero-order valence-corrected chi connectivity index (χ0v) is 8.97. The van der Waals surface area contributed by atoms with Crippen LogP contribution in [0.4, 0.5) is 0 Å². The van der Waals surface area contributed by atoms with Crippen LogP contribution in [0.15, 0.2) is 54.6 Å². The molecule has 0 spiro atoms. The maximum atomic E-state index is 9.12. The van der Waals surface area contributed by atoms with Crippen molar-refractivity contribution in [3.05, 3.63) is 65.7 Å². The van der Waals surface area contributed by atoms with Crippen molar-refractivity contribution < 1.29 is 9.84 Å². The maximum Gasteiger partial charge on any atom is 0.115 e. The molecule has 2 aromatic rings. The monoisotopic (exact) mass is 214 g/mol. The van der Waals surface area contributed by atoms with Crippen LogP contribution in [0, 0.1) is 0 Å². The molecule has 2 rings (SSSR count). The summed E-state index contributed by atoms with van der Waals surface area (Å²) in [4.78, 5) is 0.